The molecule has 13 heteroatoms. The molecule has 2 heterocycles. The molecular formula is C31H37F3N4O6. The lowest BCUT2D eigenvalue weighted by atomic mass is 10.1. The molecular weight excluding hydrogens is 581 g/mol. The Balaban J connectivity index is 1.52. The third-order valence-electron chi connectivity index (χ3n) is 7.28. The first-order valence-electron chi connectivity index (χ1n) is 14.2. The standard InChI is InChI=1S/C31H37F3N4O6/c1-41-27-10-9-23(20-28(27)42-2)11-12-37(21-24-6-5-17-44-24)29(39)22-38(14-13-36-15-18-43-19-16-36)30(40)35-26-8-4-3-7-25(26)31(32,33)34/h3-10,17,20H,11-16,18-19,21-22H2,1-2H3,(H,35,40). The maximum absolute atomic E-state index is 13.8. The number of carbonyl (C=O) groups is 2. The Labute approximate surface area is 254 Å². The number of ether oxygens (including phenoxy) is 3. The Bertz CT molecular complexity index is 1360. The van der Waals surface area contributed by atoms with E-state index in [-0.39, 0.29) is 37.8 Å². The predicted octanol–water partition coefficient (Wildman–Crippen LogP) is 4.75. The molecule has 4 rings (SSSR count). The molecule has 0 atom stereocenters. The highest BCUT2D eigenvalue weighted by molar-refractivity contribution is 5.93. The van der Waals surface area contributed by atoms with E-state index >= 15 is 0 Å². The number of methoxy groups -OCH3 is 2. The molecule has 1 aliphatic rings. The summed E-state index contributed by atoms with van der Waals surface area (Å²) in [6, 6.07) is 12.9. The van der Waals surface area contributed by atoms with E-state index in [9.17, 15) is 22.8 Å². The summed E-state index contributed by atoms with van der Waals surface area (Å²) in [6.45, 7) is 3.00. The van der Waals surface area contributed by atoms with E-state index < -0.39 is 17.8 Å². The SMILES string of the molecule is COc1ccc(CCN(Cc2ccco2)C(=O)CN(CCN2CCOCC2)C(=O)Nc2ccccc2C(F)(F)F)cc1OC. The lowest BCUT2D eigenvalue weighted by Gasteiger charge is -2.31. The van der Waals surface area contributed by atoms with Crippen molar-refractivity contribution in [3.05, 3.63) is 77.7 Å². The summed E-state index contributed by atoms with van der Waals surface area (Å²) in [5, 5.41) is 2.38. The van der Waals surface area contributed by atoms with E-state index in [4.69, 9.17) is 18.6 Å². The normalized spacial score (nSPS) is 13.8. The molecule has 3 amide bonds. The molecule has 1 aliphatic heterocycles. The minimum Gasteiger partial charge on any atom is -0.493 e. The van der Waals surface area contributed by atoms with Crippen LogP contribution >= 0.6 is 0 Å². The van der Waals surface area contributed by atoms with Gasteiger partial charge in [0, 0.05) is 32.7 Å². The molecule has 1 fully saturated rings. The van der Waals surface area contributed by atoms with Crippen molar-refractivity contribution in [2.24, 2.45) is 0 Å². The Morgan fingerprint density at radius 1 is 0.955 bits per heavy atom. The lowest BCUT2D eigenvalue weighted by Crippen LogP contribution is -2.48. The Kier molecular flexibility index (Phi) is 11.5. The number of para-hydroxylation sites is 1. The molecule has 0 radical (unpaired) electrons. The second-order valence-electron chi connectivity index (χ2n) is 10.2. The second-order valence-corrected chi connectivity index (χ2v) is 10.2. The van der Waals surface area contributed by atoms with Gasteiger partial charge in [0.15, 0.2) is 11.5 Å². The van der Waals surface area contributed by atoms with Crippen molar-refractivity contribution in [1.82, 2.24) is 14.7 Å². The fourth-order valence-electron chi connectivity index (χ4n) is 4.82. The van der Waals surface area contributed by atoms with Crippen LogP contribution in [0.1, 0.15) is 16.9 Å². The number of morpholine rings is 1. The molecule has 10 nitrogen and oxygen atoms in total. The number of amides is 3. The van der Waals surface area contributed by atoms with Crippen LogP contribution < -0.4 is 14.8 Å². The number of nitrogens with zero attached hydrogens (tertiary/aromatic N) is 3. The largest absolute Gasteiger partial charge is 0.493 e. The zero-order chi connectivity index (χ0) is 31.5. The van der Waals surface area contributed by atoms with E-state index in [1.165, 1.54) is 36.5 Å². The fraction of sp³-hybridized carbons (Fsp3) is 0.419. The number of hydrogen-bond acceptors (Lipinski definition) is 7. The third kappa shape index (κ3) is 9.13. The summed E-state index contributed by atoms with van der Waals surface area (Å²) in [6.07, 6.45) is -2.69. The van der Waals surface area contributed by atoms with Gasteiger partial charge in [0.25, 0.3) is 0 Å². The van der Waals surface area contributed by atoms with E-state index in [1.54, 1.807) is 30.2 Å². The summed E-state index contributed by atoms with van der Waals surface area (Å²) in [5.41, 5.74) is -0.456. The van der Waals surface area contributed by atoms with Gasteiger partial charge in [-0.1, -0.05) is 18.2 Å². The Morgan fingerprint density at radius 2 is 1.70 bits per heavy atom. The summed E-state index contributed by atoms with van der Waals surface area (Å²) < 4.78 is 62.5. The number of carbonyl (C=O) groups excluding carboxylic acids is 2. The molecule has 238 valence electrons. The molecule has 1 aromatic heterocycles. The average Bonchev–Trinajstić information content (AvgIpc) is 3.54. The van der Waals surface area contributed by atoms with Gasteiger partial charge in [-0.2, -0.15) is 13.2 Å². The monoisotopic (exact) mass is 618 g/mol. The molecule has 0 unspecified atom stereocenters. The van der Waals surface area contributed by atoms with Crippen LogP contribution in [0.5, 0.6) is 11.5 Å². The van der Waals surface area contributed by atoms with E-state index in [0.29, 0.717) is 56.5 Å². The molecule has 1 saturated heterocycles. The highest BCUT2D eigenvalue weighted by atomic mass is 19.4. The first-order chi connectivity index (χ1) is 21.2. The van der Waals surface area contributed by atoms with Crippen LogP contribution in [0.2, 0.25) is 0 Å². The molecule has 1 N–H and O–H groups in total. The third-order valence-corrected chi connectivity index (χ3v) is 7.28. The number of anilines is 1. The van der Waals surface area contributed by atoms with Crippen molar-refractivity contribution in [3.63, 3.8) is 0 Å². The van der Waals surface area contributed by atoms with Gasteiger partial charge in [0.05, 0.1) is 51.5 Å². The number of nitrogens with one attached hydrogen (secondary N) is 1. The lowest BCUT2D eigenvalue weighted by molar-refractivity contribution is -0.137. The van der Waals surface area contributed by atoms with Crippen LogP contribution in [-0.4, -0.2) is 93.3 Å². The van der Waals surface area contributed by atoms with E-state index in [1.807, 2.05) is 12.1 Å². The molecule has 3 aromatic rings. The maximum atomic E-state index is 13.8. The summed E-state index contributed by atoms with van der Waals surface area (Å²) in [5.74, 6) is 1.30. The molecule has 44 heavy (non-hydrogen) atoms. The number of furan rings is 1. The van der Waals surface area contributed by atoms with Crippen molar-refractivity contribution in [3.8, 4) is 11.5 Å². The van der Waals surface area contributed by atoms with Crippen LogP contribution in [0.4, 0.5) is 23.7 Å². The van der Waals surface area contributed by atoms with Gasteiger partial charge in [-0.05, 0) is 48.4 Å². The number of alkyl halides is 3. The maximum Gasteiger partial charge on any atom is 0.418 e. The number of urea groups is 1. The number of halogens is 3. The second kappa shape index (κ2) is 15.5. The van der Waals surface area contributed by atoms with Gasteiger partial charge in [-0.25, -0.2) is 4.79 Å². The molecule has 0 bridgehead atoms. The number of rotatable bonds is 13. The van der Waals surface area contributed by atoms with Gasteiger partial charge < -0.3 is 33.7 Å². The zero-order valence-corrected chi connectivity index (χ0v) is 24.8. The molecule has 0 saturated carbocycles. The van der Waals surface area contributed by atoms with Crippen LogP contribution in [0.3, 0.4) is 0 Å². The first-order valence-corrected chi connectivity index (χ1v) is 14.2. The topological polar surface area (TPSA) is 96.7 Å². The highest BCUT2D eigenvalue weighted by Crippen LogP contribution is 2.34. The highest BCUT2D eigenvalue weighted by Gasteiger charge is 2.34. The van der Waals surface area contributed by atoms with Crippen LogP contribution in [0, 0.1) is 0 Å². The minimum absolute atomic E-state index is 0.121. The van der Waals surface area contributed by atoms with Crippen LogP contribution in [0.25, 0.3) is 0 Å². The van der Waals surface area contributed by atoms with Crippen molar-refractivity contribution in [2.45, 2.75) is 19.1 Å². The van der Waals surface area contributed by atoms with Crippen LogP contribution in [-0.2, 0) is 28.7 Å². The number of benzene rings is 2. The molecule has 0 spiro atoms. The van der Waals surface area contributed by atoms with Crippen molar-refractivity contribution >= 4 is 17.6 Å². The summed E-state index contributed by atoms with van der Waals surface area (Å²) in [4.78, 5) is 32.1. The van der Waals surface area contributed by atoms with Crippen molar-refractivity contribution in [1.29, 1.82) is 0 Å². The summed E-state index contributed by atoms with van der Waals surface area (Å²) in [7, 11) is 3.09. The quantitative estimate of drug-likeness (QED) is 0.295. The van der Waals surface area contributed by atoms with Crippen molar-refractivity contribution < 1.29 is 41.4 Å². The molecule has 0 aliphatic carbocycles. The van der Waals surface area contributed by atoms with E-state index in [2.05, 4.69) is 10.2 Å². The Hall–Kier alpha value is -4.23. The number of hydrogen-bond donors (Lipinski definition) is 1. The predicted molar refractivity (Wildman–Crippen MR) is 157 cm³/mol. The Morgan fingerprint density at radius 3 is 2.39 bits per heavy atom. The average molecular weight is 619 g/mol. The van der Waals surface area contributed by atoms with Crippen molar-refractivity contribution in [2.75, 3.05) is 72.0 Å². The molecule has 2 aromatic carbocycles. The first kappa shape index (κ1) is 32.7. The zero-order valence-electron chi connectivity index (χ0n) is 24.8. The van der Waals surface area contributed by atoms with Gasteiger partial charge in [0.2, 0.25) is 5.91 Å². The fourth-order valence-corrected chi connectivity index (χ4v) is 4.82. The van der Waals surface area contributed by atoms with Gasteiger partial charge in [0.1, 0.15) is 12.3 Å². The smallest absolute Gasteiger partial charge is 0.418 e. The van der Waals surface area contributed by atoms with Gasteiger partial charge in [-0.3, -0.25) is 9.69 Å². The van der Waals surface area contributed by atoms with Gasteiger partial charge >= 0.3 is 12.2 Å². The minimum atomic E-state index is -4.66. The van der Waals surface area contributed by atoms with Crippen LogP contribution in [0.15, 0.2) is 65.3 Å². The summed E-state index contributed by atoms with van der Waals surface area (Å²) >= 11 is 0. The van der Waals surface area contributed by atoms with E-state index in [0.717, 1.165) is 11.6 Å². The van der Waals surface area contributed by atoms with Gasteiger partial charge in [-0.15, -0.1) is 0 Å².